The van der Waals surface area contributed by atoms with Gasteiger partial charge in [0.25, 0.3) is 5.91 Å². The van der Waals surface area contributed by atoms with Crippen molar-refractivity contribution in [3.05, 3.63) is 90.5 Å². The summed E-state index contributed by atoms with van der Waals surface area (Å²) in [6.07, 6.45) is 0. The zero-order valence-electron chi connectivity index (χ0n) is 16.0. The van der Waals surface area contributed by atoms with Gasteiger partial charge in [0.15, 0.2) is 4.34 Å². The van der Waals surface area contributed by atoms with E-state index in [-0.39, 0.29) is 5.91 Å². The van der Waals surface area contributed by atoms with E-state index < -0.39 is 0 Å². The number of benzene rings is 3. The topological polar surface area (TPSA) is 42.0 Å². The predicted molar refractivity (Wildman–Crippen MR) is 124 cm³/mol. The largest absolute Gasteiger partial charge is 0.312 e. The highest BCUT2D eigenvalue weighted by molar-refractivity contribution is 8.01. The standard InChI is InChI=1S/C24H20N2OS2/c1-2-28-24-25-21(19-11-7-4-8-12-19)23(29-24)26-22(27)20-15-13-18(14-16-20)17-9-5-3-6-10-17/h3-16H,2H2,1H3,(H,26,27). The van der Waals surface area contributed by atoms with Crippen LogP contribution in [-0.2, 0) is 0 Å². The smallest absolute Gasteiger partial charge is 0.256 e. The molecule has 0 aliphatic rings. The number of thiazole rings is 1. The highest BCUT2D eigenvalue weighted by Crippen LogP contribution is 2.37. The minimum atomic E-state index is -0.126. The lowest BCUT2D eigenvalue weighted by Gasteiger charge is -2.07. The Kier molecular flexibility index (Phi) is 6.08. The number of amides is 1. The summed E-state index contributed by atoms with van der Waals surface area (Å²) in [5, 5.41) is 3.85. The SMILES string of the molecule is CCSc1nc(-c2ccccc2)c(NC(=O)c2ccc(-c3ccccc3)cc2)s1. The lowest BCUT2D eigenvalue weighted by atomic mass is 10.0. The zero-order chi connectivity index (χ0) is 20.1. The normalized spacial score (nSPS) is 10.7. The molecule has 0 saturated carbocycles. The van der Waals surface area contributed by atoms with Crippen molar-refractivity contribution >= 4 is 34.0 Å². The van der Waals surface area contributed by atoms with Crippen LogP contribution in [0.5, 0.6) is 0 Å². The summed E-state index contributed by atoms with van der Waals surface area (Å²) in [6.45, 7) is 2.10. The Bertz CT molecular complexity index is 1090. The number of rotatable bonds is 6. The first-order chi connectivity index (χ1) is 14.2. The van der Waals surface area contributed by atoms with Gasteiger partial charge in [-0.15, -0.1) is 0 Å². The van der Waals surface area contributed by atoms with E-state index in [4.69, 9.17) is 4.98 Å². The first-order valence-corrected chi connectivity index (χ1v) is 11.2. The maximum Gasteiger partial charge on any atom is 0.256 e. The molecule has 0 atom stereocenters. The number of hydrogen-bond donors (Lipinski definition) is 1. The fourth-order valence-corrected chi connectivity index (χ4v) is 4.94. The number of anilines is 1. The van der Waals surface area contributed by atoms with Gasteiger partial charge in [0.2, 0.25) is 0 Å². The molecule has 29 heavy (non-hydrogen) atoms. The van der Waals surface area contributed by atoms with Gasteiger partial charge in [-0.05, 0) is 29.0 Å². The van der Waals surface area contributed by atoms with E-state index in [1.165, 1.54) is 11.3 Å². The van der Waals surface area contributed by atoms with Crippen LogP contribution in [0.2, 0.25) is 0 Å². The average Bonchev–Trinajstić information content (AvgIpc) is 3.17. The summed E-state index contributed by atoms with van der Waals surface area (Å²) >= 11 is 3.21. The number of hydrogen-bond acceptors (Lipinski definition) is 4. The van der Waals surface area contributed by atoms with E-state index in [1.807, 2.05) is 72.8 Å². The molecule has 1 N–H and O–H groups in total. The third kappa shape index (κ3) is 4.58. The van der Waals surface area contributed by atoms with Gasteiger partial charge in [-0.25, -0.2) is 4.98 Å². The molecule has 0 aliphatic heterocycles. The van der Waals surface area contributed by atoms with Crippen molar-refractivity contribution in [2.75, 3.05) is 11.1 Å². The quantitative estimate of drug-likeness (QED) is 0.350. The molecule has 4 aromatic rings. The van der Waals surface area contributed by atoms with Crippen molar-refractivity contribution in [2.24, 2.45) is 0 Å². The van der Waals surface area contributed by atoms with Crippen LogP contribution >= 0.6 is 23.1 Å². The molecule has 0 spiro atoms. The van der Waals surface area contributed by atoms with Crippen molar-refractivity contribution in [2.45, 2.75) is 11.3 Å². The molecule has 4 rings (SSSR count). The monoisotopic (exact) mass is 416 g/mol. The Balaban J connectivity index is 1.58. The van der Waals surface area contributed by atoms with E-state index in [2.05, 4.69) is 24.4 Å². The van der Waals surface area contributed by atoms with Crippen molar-refractivity contribution in [1.82, 2.24) is 4.98 Å². The van der Waals surface area contributed by atoms with Crippen molar-refractivity contribution in [1.29, 1.82) is 0 Å². The minimum Gasteiger partial charge on any atom is -0.312 e. The molecule has 0 radical (unpaired) electrons. The summed E-state index contributed by atoms with van der Waals surface area (Å²) in [7, 11) is 0. The maximum absolute atomic E-state index is 12.9. The number of carbonyl (C=O) groups is 1. The second-order valence-corrected chi connectivity index (χ2v) is 8.86. The van der Waals surface area contributed by atoms with Crippen LogP contribution < -0.4 is 5.32 Å². The Labute approximate surface area is 178 Å². The Morgan fingerprint density at radius 1 is 0.862 bits per heavy atom. The number of nitrogens with zero attached hydrogens (tertiary/aromatic N) is 1. The zero-order valence-corrected chi connectivity index (χ0v) is 17.6. The molecule has 0 unspecified atom stereocenters. The average molecular weight is 417 g/mol. The molecule has 1 amide bonds. The molecule has 1 heterocycles. The molecule has 0 aliphatic carbocycles. The van der Waals surface area contributed by atoms with Crippen LogP contribution in [0.15, 0.2) is 89.3 Å². The molecule has 144 valence electrons. The highest BCUT2D eigenvalue weighted by Gasteiger charge is 2.16. The second kappa shape index (κ2) is 9.07. The number of aromatic nitrogens is 1. The summed E-state index contributed by atoms with van der Waals surface area (Å²) in [6, 6.07) is 27.8. The Morgan fingerprint density at radius 2 is 1.45 bits per heavy atom. The van der Waals surface area contributed by atoms with Gasteiger partial charge in [0.1, 0.15) is 10.7 Å². The van der Waals surface area contributed by atoms with Gasteiger partial charge in [0, 0.05) is 11.1 Å². The summed E-state index contributed by atoms with van der Waals surface area (Å²) in [5.74, 6) is 0.814. The van der Waals surface area contributed by atoms with Crippen LogP contribution in [0.3, 0.4) is 0 Å². The maximum atomic E-state index is 12.9. The predicted octanol–water partition coefficient (Wildman–Crippen LogP) is 6.84. The third-order valence-corrected chi connectivity index (χ3v) is 6.40. The van der Waals surface area contributed by atoms with E-state index in [0.29, 0.717) is 5.56 Å². The number of nitrogens with one attached hydrogen (secondary N) is 1. The van der Waals surface area contributed by atoms with Gasteiger partial charge in [0.05, 0.1) is 0 Å². The van der Waals surface area contributed by atoms with Crippen LogP contribution in [0.4, 0.5) is 5.00 Å². The molecule has 0 bridgehead atoms. The minimum absolute atomic E-state index is 0.126. The van der Waals surface area contributed by atoms with E-state index in [1.54, 1.807) is 11.8 Å². The highest BCUT2D eigenvalue weighted by atomic mass is 32.2. The van der Waals surface area contributed by atoms with E-state index in [0.717, 1.165) is 37.5 Å². The first-order valence-electron chi connectivity index (χ1n) is 9.40. The molecule has 0 saturated heterocycles. The fourth-order valence-electron chi connectivity index (χ4n) is 2.98. The van der Waals surface area contributed by atoms with Crippen LogP contribution in [0, 0.1) is 0 Å². The Hall–Kier alpha value is -2.89. The fraction of sp³-hybridized carbons (Fsp3) is 0.0833. The number of carbonyl (C=O) groups excluding carboxylic acids is 1. The van der Waals surface area contributed by atoms with Gasteiger partial charge < -0.3 is 5.32 Å². The van der Waals surface area contributed by atoms with Crippen molar-refractivity contribution in [3.8, 4) is 22.4 Å². The number of thioether (sulfide) groups is 1. The summed E-state index contributed by atoms with van der Waals surface area (Å²) in [5.41, 5.74) is 4.67. The third-order valence-electron chi connectivity index (χ3n) is 4.40. The van der Waals surface area contributed by atoms with Crippen LogP contribution in [0.1, 0.15) is 17.3 Å². The van der Waals surface area contributed by atoms with Gasteiger partial charge in [-0.1, -0.05) is 103 Å². The second-order valence-electron chi connectivity index (χ2n) is 6.35. The van der Waals surface area contributed by atoms with Crippen LogP contribution in [0.25, 0.3) is 22.4 Å². The molecular formula is C24H20N2OS2. The van der Waals surface area contributed by atoms with Crippen molar-refractivity contribution in [3.63, 3.8) is 0 Å². The first kappa shape index (κ1) is 19.4. The summed E-state index contributed by atoms with van der Waals surface area (Å²) < 4.78 is 0.959. The summed E-state index contributed by atoms with van der Waals surface area (Å²) in [4.78, 5) is 17.6. The van der Waals surface area contributed by atoms with E-state index >= 15 is 0 Å². The lowest BCUT2D eigenvalue weighted by Crippen LogP contribution is -2.11. The molecular weight excluding hydrogens is 396 g/mol. The van der Waals surface area contributed by atoms with Gasteiger partial charge in [-0.3, -0.25) is 4.79 Å². The van der Waals surface area contributed by atoms with Gasteiger partial charge >= 0.3 is 0 Å². The molecule has 3 nitrogen and oxygen atoms in total. The Morgan fingerprint density at radius 3 is 2.07 bits per heavy atom. The van der Waals surface area contributed by atoms with Crippen LogP contribution in [-0.4, -0.2) is 16.6 Å². The molecule has 3 aromatic carbocycles. The molecule has 5 heteroatoms. The van der Waals surface area contributed by atoms with Crippen molar-refractivity contribution < 1.29 is 4.79 Å². The van der Waals surface area contributed by atoms with Gasteiger partial charge in [-0.2, -0.15) is 0 Å². The molecule has 1 aromatic heterocycles. The molecule has 0 fully saturated rings. The van der Waals surface area contributed by atoms with E-state index in [9.17, 15) is 4.79 Å². The lowest BCUT2D eigenvalue weighted by molar-refractivity contribution is 0.102.